The molecule has 1 aliphatic rings. The Morgan fingerprint density at radius 3 is 2.76 bits per heavy atom. The quantitative estimate of drug-likeness (QED) is 0.769. The van der Waals surface area contributed by atoms with Crippen LogP contribution in [0.3, 0.4) is 0 Å². The van der Waals surface area contributed by atoms with Crippen LogP contribution in [-0.2, 0) is 4.79 Å². The lowest BCUT2D eigenvalue weighted by molar-refractivity contribution is -0.132. The van der Waals surface area contributed by atoms with E-state index in [1.807, 2.05) is 36.3 Å². The summed E-state index contributed by atoms with van der Waals surface area (Å²) in [6.45, 7) is 7.57. The van der Waals surface area contributed by atoms with Crippen LogP contribution in [0.25, 0.3) is 0 Å². The summed E-state index contributed by atoms with van der Waals surface area (Å²) < 4.78 is 0.288. The molecule has 116 valence electrons. The van der Waals surface area contributed by atoms with Crippen LogP contribution in [0.5, 0.6) is 0 Å². The number of pyridine rings is 1. The highest BCUT2D eigenvalue weighted by atomic mass is 32.2. The number of rotatable bonds is 5. The molecule has 4 heteroatoms. The molecule has 0 saturated carbocycles. The van der Waals surface area contributed by atoms with Gasteiger partial charge in [-0.1, -0.05) is 20.8 Å². The van der Waals surface area contributed by atoms with E-state index in [9.17, 15) is 4.79 Å². The number of carbonyl (C=O) groups is 1. The smallest absolute Gasteiger partial charge is 0.223 e. The number of nitrogens with zero attached hydrogens (tertiary/aromatic N) is 2. The van der Waals surface area contributed by atoms with Crippen molar-refractivity contribution in [3.8, 4) is 0 Å². The summed E-state index contributed by atoms with van der Waals surface area (Å²) in [5.74, 6) is 1.37. The SMILES string of the molecule is CC(C)(C)SCCCC(=O)N1CCCC1c1ccncc1. The zero-order valence-corrected chi connectivity index (χ0v) is 14.2. The summed E-state index contributed by atoms with van der Waals surface area (Å²) in [5, 5.41) is 0. The summed E-state index contributed by atoms with van der Waals surface area (Å²) in [7, 11) is 0. The van der Waals surface area contributed by atoms with Crippen LogP contribution in [0.2, 0.25) is 0 Å². The fraction of sp³-hybridized carbons (Fsp3) is 0.647. The number of hydrogen-bond donors (Lipinski definition) is 0. The molecule has 2 heterocycles. The normalized spacial score (nSPS) is 19.0. The average Bonchev–Trinajstić information content (AvgIpc) is 2.93. The highest BCUT2D eigenvalue weighted by molar-refractivity contribution is 8.00. The Kier molecular flexibility index (Phi) is 5.68. The van der Waals surface area contributed by atoms with Crippen LogP contribution in [0.1, 0.15) is 58.1 Å². The third-order valence-electron chi connectivity index (χ3n) is 3.73. The number of likely N-dealkylation sites (tertiary alicyclic amines) is 1. The summed E-state index contributed by atoms with van der Waals surface area (Å²) in [6.07, 6.45) is 7.46. The van der Waals surface area contributed by atoms with Crippen molar-refractivity contribution in [1.82, 2.24) is 9.88 Å². The largest absolute Gasteiger partial charge is 0.336 e. The van der Waals surface area contributed by atoms with Crippen LogP contribution in [-0.4, -0.2) is 32.8 Å². The predicted molar refractivity (Wildman–Crippen MR) is 89.4 cm³/mol. The third kappa shape index (κ3) is 5.03. The Morgan fingerprint density at radius 1 is 1.38 bits per heavy atom. The first kappa shape index (κ1) is 16.3. The van der Waals surface area contributed by atoms with Crippen molar-refractivity contribution in [3.05, 3.63) is 30.1 Å². The van der Waals surface area contributed by atoms with E-state index in [1.54, 1.807) is 0 Å². The second-order valence-corrected chi connectivity index (χ2v) is 8.51. The average molecular weight is 306 g/mol. The summed E-state index contributed by atoms with van der Waals surface area (Å²) >= 11 is 1.94. The number of carbonyl (C=O) groups excluding carboxylic acids is 1. The maximum Gasteiger partial charge on any atom is 0.223 e. The Bertz CT molecular complexity index is 456. The Labute approximate surface area is 132 Å². The molecule has 1 saturated heterocycles. The fourth-order valence-electron chi connectivity index (χ4n) is 2.74. The van der Waals surface area contributed by atoms with Gasteiger partial charge in [0, 0.05) is 30.1 Å². The zero-order valence-electron chi connectivity index (χ0n) is 13.3. The van der Waals surface area contributed by atoms with Crippen molar-refractivity contribution in [1.29, 1.82) is 0 Å². The van der Waals surface area contributed by atoms with Gasteiger partial charge in [0.1, 0.15) is 0 Å². The van der Waals surface area contributed by atoms with Crippen molar-refractivity contribution in [3.63, 3.8) is 0 Å². The van der Waals surface area contributed by atoms with Gasteiger partial charge in [-0.2, -0.15) is 11.8 Å². The van der Waals surface area contributed by atoms with Crippen LogP contribution in [0.4, 0.5) is 0 Å². The molecule has 0 aliphatic carbocycles. The van der Waals surface area contributed by atoms with Crippen LogP contribution in [0, 0.1) is 0 Å². The van der Waals surface area contributed by atoms with Crippen molar-refractivity contribution in [2.24, 2.45) is 0 Å². The van der Waals surface area contributed by atoms with Gasteiger partial charge < -0.3 is 4.90 Å². The molecule has 0 N–H and O–H groups in total. The van der Waals surface area contributed by atoms with Gasteiger partial charge in [-0.3, -0.25) is 9.78 Å². The minimum absolute atomic E-state index is 0.260. The highest BCUT2D eigenvalue weighted by Gasteiger charge is 2.29. The monoisotopic (exact) mass is 306 g/mol. The lowest BCUT2D eigenvalue weighted by Crippen LogP contribution is -2.30. The molecule has 0 radical (unpaired) electrons. The molecule has 2 rings (SSSR count). The molecule has 0 aromatic carbocycles. The molecule has 1 fully saturated rings. The molecule has 1 aromatic heterocycles. The maximum absolute atomic E-state index is 12.5. The van der Waals surface area contributed by atoms with E-state index in [1.165, 1.54) is 5.56 Å². The van der Waals surface area contributed by atoms with E-state index in [0.717, 1.165) is 31.6 Å². The second-order valence-electron chi connectivity index (χ2n) is 6.59. The predicted octanol–water partition coefficient (Wildman–Crippen LogP) is 4.06. The molecule has 3 nitrogen and oxygen atoms in total. The van der Waals surface area contributed by atoms with Crippen molar-refractivity contribution in [2.75, 3.05) is 12.3 Å². The number of thioether (sulfide) groups is 1. The summed E-state index contributed by atoms with van der Waals surface area (Å²) in [4.78, 5) is 18.6. The second kappa shape index (κ2) is 7.30. The Morgan fingerprint density at radius 2 is 2.10 bits per heavy atom. The van der Waals surface area contributed by atoms with Crippen molar-refractivity contribution >= 4 is 17.7 Å². The van der Waals surface area contributed by atoms with E-state index >= 15 is 0 Å². The van der Waals surface area contributed by atoms with Crippen molar-refractivity contribution in [2.45, 2.75) is 57.2 Å². The van der Waals surface area contributed by atoms with Gasteiger partial charge in [0.2, 0.25) is 5.91 Å². The van der Waals surface area contributed by atoms with Gasteiger partial charge in [0.05, 0.1) is 6.04 Å². The molecule has 1 aromatic rings. The van der Waals surface area contributed by atoms with E-state index < -0.39 is 0 Å². The van der Waals surface area contributed by atoms with E-state index in [-0.39, 0.29) is 10.8 Å². The standard InChI is InChI=1S/C17H26N2OS/c1-17(2,3)21-13-5-7-16(20)19-12-4-6-15(19)14-8-10-18-11-9-14/h8-11,15H,4-7,12-13H2,1-3H3. The third-order valence-corrected chi connectivity index (χ3v) is 5.09. The Hall–Kier alpha value is -1.03. The Balaban J connectivity index is 1.84. The molecule has 21 heavy (non-hydrogen) atoms. The number of amides is 1. The van der Waals surface area contributed by atoms with Crippen LogP contribution < -0.4 is 0 Å². The van der Waals surface area contributed by atoms with Crippen molar-refractivity contribution < 1.29 is 4.79 Å². The lowest BCUT2D eigenvalue weighted by Gasteiger charge is -2.25. The zero-order chi connectivity index (χ0) is 15.3. The van der Waals surface area contributed by atoms with E-state index in [2.05, 4.69) is 30.7 Å². The molecule has 1 unspecified atom stereocenters. The maximum atomic E-state index is 12.5. The first-order valence-electron chi connectivity index (χ1n) is 7.81. The van der Waals surface area contributed by atoms with Crippen LogP contribution >= 0.6 is 11.8 Å². The van der Waals surface area contributed by atoms with Crippen LogP contribution in [0.15, 0.2) is 24.5 Å². The van der Waals surface area contributed by atoms with Gasteiger partial charge in [-0.15, -0.1) is 0 Å². The van der Waals surface area contributed by atoms with Gasteiger partial charge in [0.15, 0.2) is 0 Å². The molecule has 0 spiro atoms. The molecular weight excluding hydrogens is 280 g/mol. The summed E-state index contributed by atoms with van der Waals surface area (Å²) in [5.41, 5.74) is 1.22. The van der Waals surface area contributed by atoms with E-state index in [4.69, 9.17) is 0 Å². The fourth-order valence-corrected chi connectivity index (χ4v) is 3.64. The van der Waals surface area contributed by atoms with Gasteiger partial charge >= 0.3 is 0 Å². The van der Waals surface area contributed by atoms with Gasteiger partial charge in [-0.05, 0) is 42.7 Å². The van der Waals surface area contributed by atoms with Gasteiger partial charge in [0.25, 0.3) is 0 Å². The minimum atomic E-state index is 0.260. The molecule has 1 amide bonds. The van der Waals surface area contributed by atoms with E-state index in [0.29, 0.717) is 12.3 Å². The molecule has 1 atom stereocenters. The lowest BCUT2D eigenvalue weighted by atomic mass is 10.1. The van der Waals surface area contributed by atoms with Gasteiger partial charge in [-0.25, -0.2) is 0 Å². The first-order valence-corrected chi connectivity index (χ1v) is 8.79. The minimum Gasteiger partial charge on any atom is -0.336 e. The highest BCUT2D eigenvalue weighted by Crippen LogP contribution is 2.32. The summed E-state index contributed by atoms with van der Waals surface area (Å²) in [6, 6.07) is 4.33. The first-order chi connectivity index (χ1) is 9.97. The number of aromatic nitrogens is 1. The molecule has 1 aliphatic heterocycles. The topological polar surface area (TPSA) is 33.2 Å². The molecule has 0 bridgehead atoms. The molecular formula is C17H26N2OS. The number of hydrogen-bond acceptors (Lipinski definition) is 3.